The fraction of sp³-hybridized carbons (Fsp3) is 0.929. The maximum absolute atomic E-state index is 11.8. The lowest BCUT2D eigenvalue weighted by Crippen LogP contribution is -2.44. The van der Waals surface area contributed by atoms with Crippen LogP contribution in [0.4, 0.5) is 0 Å². The van der Waals surface area contributed by atoms with Gasteiger partial charge < -0.3 is 15.8 Å². The van der Waals surface area contributed by atoms with Crippen LogP contribution >= 0.6 is 0 Å². The van der Waals surface area contributed by atoms with Crippen LogP contribution in [0, 0.1) is 5.92 Å². The smallest absolute Gasteiger partial charge is 0.237 e. The summed E-state index contributed by atoms with van der Waals surface area (Å²) in [6.07, 6.45) is 7.27. The van der Waals surface area contributed by atoms with E-state index in [0.29, 0.717) is 19.1 Å². The van der Waals surface area contributed by atoms with Crippen LogP contribution in [0.2, 0.25) is 0 Å². The third kappa shape index (κ3) is 5.83. The summed E-state index contributed by atoms with van der Waals surface area (Å²) in [5, 5.41) is 2.87. The quantitative estimate of drug-likeness (QED) is 0.730. The van der Waals surface area contributed by atoms with Gasteiger partial charge in [0.2, 0.25) is 5.91 Å². The van der Waals surface area contributed by atoms with Gasteiger partial charge in [-0.05, 0) is 26.2 Å². The van der Waals surface area contributed by atoms with E-state index >= 15 is 0 Å². The van der Waals surface area contributed by atoms with E-state index in [1.54, 1.807) is 0 Å². The summed E-state index contributed by atoms with van der Waals surface area (Å²) in [5.74, 6) is 0.607. The molecule has 0 aliphatic heterocycles. The molecule has 1 aliphatic rings. The monoisotopic (exact) mass is 256 g/mol. The Kier molecular flexibility index (Phi) is 7.28. The number of ether oxygens (including phenoxy) is 1. The number of nitrogens with two attached hydrogens (primary N) is 1. The third-order valence-corrected chi connectivity index (χ3v) is 3.66. The summed E-state index contributed by atoms with van der Waals surface area (Å²) >= 11 is 0. The van der Waals surface area contributed by atoms with Crippen LogP contribution in [-0.2, 0) is 9.53 Å². The molecule has 0 aromatic heterocycles. The van der Waals surface area contributed by atoms with Crippen LogP contribution in [0.25, 0.3) is 0 Å². The van der Waals surface area contributed by atoms with E-state index in [4.69, 9.17) is 10.5 Å². The van der Waals surface area contributed by atoms with Crippen LogP contribution in [0.5, 0.6) is 0 Å². The lowest BCUT2D eigenvalue weighted by atomic mass is 9.85. The fourth-order valence-electron chi connectivity index (χ4n) is 2.61. The molecule has 0 aromatic rings. The van der Waals surface area contributed by atoms with E-state index in [1.807, 2.05) is 13.8 Å². The predicted molar refractivity (Wildman–Crippen MR) is 73.3 cm³/mol. The van der Waals surface area contributed by atoms with Gasteiger partial charge in [-0.2, -0.15) is 0 Å². The Balaban J connectivity index is 2.19. The van der Waals surface area contributed by atoms with Crippen molar-refractivity contribution in [2.75, 3.05) is 13.2 Å². The zero-order chi connectivity index (χ0) is 13.4. The SMILES string of the molecule is CCOC(C)CNC(=O)C(N)CC1CCCCC1. The number of carbonyl (C=O) groups excluding carboxylic acids is 1. The minimum Gasteiger partial charge on any atom is -0.377 e. The predicted octanol–water partition coefficient (Wildman–Crippen LogP) is 1.83. The molecule has 0 spiro atoms. The van der Waals surface area contributed by atoms with E-state index in [9.17, 15) is 4.79 Å². The van der Waals surface area contributed by atoms with E-state index in [-0.39, 0.29) is 18.1 Å². The Hall–Kier alpha value is -0.610. The van der Waals surface area contributed by atoms with Crippen molar-refractivity contribution in [2.24, 2.45) is 11.7 Å². The number of carbonyl (C=O) groups is 1. The molecule has 0 heterocycles. The van der Waals surface area contributed by atoms with Crippen molar-refractivity contribution in [3.63, 3.8) is 0 Å². The van der Waals surface area contributed by atoms with Crippen molar-refractivity contribution >= 4 is 5.91 Å². The number of amides is 1. The highest BCUT2D eigenvalue weighted by atomic mass is 16.5. The Morgan fingerprint density at radius 3 is 2.67 bits per heavy atom. The van der Waals surface area contributed by atoms with Crippen LogP contribution in [-0.4, -0.2) is 31.2 Å². The summed E-state index contributed by atoms with van der Waals surface area (Å²) in [4.78, 5) is 11.8. The van der Waals surface area contributed by atoms with Gasteiger partial charge in [0.05, 0.1) is 12.1 Å². The second-order valence-corrected chi connectivity index (χ2v) is 5.36. The first-order chi connectivity index (χ1) is 8.63. The molecule has 1 saturated carbocycles. The molecule has 0 radical (unpaired) electrons. The maximum atomic E-state index is 11.8. The molecular weight excluding hydrogens is 228 g/mol. The van der Waals surface area contributed by atoms with E-state index in [0.717, 1.165) is 6.42 Å². The number of nitrogens with one attached hydrogen (secondary N) is 1. The normalized spacial score (nSPS) is 20.4. The van der Waals surface area contributed by atoms with Gasteiger partial charge in [0.1, 0.15) is 0 Å². The lowest BCUT2D eigenvalue weighted by molar-refractivity contribution is -0.123. The fourth-order valence-corrected chi connectivity index (χ4v) is 2.61. The molecule has 1 rings (SSSR count). The number of rotatable bonds is 7. The number of hydrogen-bond donors (Lipinski definition) is 2. The second kappa shape index (κ2) is 8.48. The second-order valence-electron chi connectivity index (χ2n) is 5.36. The highest BCUT2D eigenvalue weighted by Crippen LogP contribution is 2.26. The van der Waals surface area contributed by atoms with Gasteiger partial charge in [-0.15, -0.1) is 0 Å². The first-order valence-corrected chi connectivity index (χ1v) is 7.28. The Morgan fingerprint density at radius 2 is 2.06 bits per heavy atom. The van der Waals surface area contributed by atoms with Gasteiger partial charge in [0, 0.05) is 13.2 Å². The topological polar surface area (TPSA) is 64.3 Å². The zero-order valence-electron chi connectivity index (χ0n) is 11.8. The molecule has 0 bridgehead atoms. The lowest BCUT2D eigenvalue weighted by Gasteiger charge is -2.24. The van der Waals surface area contributed by atoms with Crippen molar-refractivity contribution in [1.82, 2.24) is 5.32 Å². The van der Waals surface area contributed by atoms with Crippen LogP contribution in [0.1, 0.15) is 52.4 Å². The summed E-state index contributed by atoms with van der Waals surface area (Å²) in [7, 11) is 0. The van der Waals surface area contributed by atoms with Crippen molar-refractivity contribution in [2.45, 2.75) is 64.5 Å². The minimum atomic E-state index is -0.359. The Morgan fingerprint density at radius 1 is 1.39 bits per heavy atom. The van der Waals surface area contributed by atoms with Crippen LogP contribution < -0.4 is 11.1 Å². The molecule has 2 atom stereocenters. The molecule has 4 nitrogen and oxygen atoms in total. The van der Waals surface area contributed by atoms with Gasteiger partial charge in [-0.3, -0.25) is 4.79 Å². The number of hydrogen-bond acceptors (Lipinski definition) is 3. The zero-order valence-corrected chi connectivity index (χ0v) is 11.8. The van der Waals surface area contributed by atoms with Gasteiger partial charge in [-0.25, -0.2) is 0 Å². The summed E-state index contributed by atoms with van der Waals surface area (Å²) in [6.45, 7) is 5.12. The van der Waals surface area contributed by atoms with Crippen LogP contribution in [0.15, 0.2) is 0 Å². The van der Waals surface area contributed by atoms with E-state index in [2.05, 4.69) is 5.32 Å². The molecule has 3 N–H and O–H groups in total. The van der Waals surface area contributed by atoms with Gasteiger partial charge in [0.25, 0.3) is 0 Å². The molecule has 0 saturated heterocycles. The highest BCUT2D eigenvalue weighted by Gasteiger charge is 2.21. The summed E-state index contributed by atoms with van der Waals surface area (Å²) < 4.78 is 5.37. The molecule has 1 amide bonds. The molecule has 1 fully saturated rings. The first-order valence-electron chi connectivity index (χ1n) is 7.28. The molecule has 4 heteroatoms. The molecule has 18 heavy (non-hydrogen) atoms. The van der Waals surface area contributed by atoms with Gasteiger partial charge in [0.15, 0.2) is 0 Å². The standard InChI is InChI=1S/C14H28N2O2/c1-3-18-11(2)10-16-14(17)13(15)9-12-7-5-4-6-8-12/h11-13H,3-10,15H2,1-2H3,(H,16,17). The van der Waals surface area contributed by atoms with Crippen molar-refractivity contribution < 1.29 is 9.53 Å². The molecule has 2 unspecified atom stereocenters. The Bertz CT molecular complexity index is 240. The van der Waals surface area contributed by atoms with E-state index < -0.39 is 0 Å². The first kappa shape index (κ1) is 15.4. The average molecular weight is 256 g/mol. The van der Waals surface area contributed by atoms with Gasteiger partial charge in [-0.1, -0.05) is 32.1 Å². The van der Waals surface area contributed by atoms with Crippen molar-refractivity contribution in [3.8, 4) is 0 Å². The van der Waals surface area contributed by atoms with Crippen molar-refractivity contribution in [1.29, 1.82) is 0 Å². The van der Waals surface area contributed by atoms with Crippen molar-refractivity contribution in [3.05, 3.63) is 0 Å². The molecule has 106 valence electrons. The van der Waals surface area contributed by atoms with E-state index in [1.165, 1.54) is 32.1 Å². The Labute approximate surface area is 111 Å². The molecule has 1 aliphatic carbocycles. The minimum absolute atomic E-state index is 0.0351. The van der Waals surface area contributed by atoms with Gasteiger partial charge >= 0.3 is 0 Å². The largest absolute Gasteiger partial charge is 0.377 e. The maximum Gasteiger partial charge on any atom is 0.237 e. The molecular formula is C14H28N2O2. The molecule has 0 aromatic carbocycles. The van der Waals surface area contributed by atoms with Crippen LogP contribution in [0.3, 0.4) is 0 Å². The summed E-state index contributed by atoms with van der Waals surface area (Å²) in [6, 6.07) is -0.359. The average Bonchev–Trinajstić information content (AvgIpc) is 2.37. The highest BCUT2D eigenvalue weighted by molar-refractivity contribution is 5.81. The summed E-state index contributed by atoms with van der Waals surface area (Å²) in [5.41, 5.74) is 5.96. The third-order valence-electron chi connectivity index (χ3n) is 3.66.